The lowest BCUT2D eigenvalue weighted by Gasteiger charge is -2.28. The normalized spacial score (nSPS) is 12.8. The summed E-state index contributed by atoms with van der Waals surface area (Å²) in [6.07, 6.45) is 0. The van der Waals surface area contributed by atoms with Crippen molar-refractivity contribution in [2.24, 2.45) is 0 Å². The van der Waals surface area contributed by atoms with E-state index in [2.05, 4.69) is 5.32 Å². The van der Waals surface area contributed by atoms with Gasteiger partial charge in [0, 0.05) is 5.39 Å². The van der Waals surface area contributed by atoms with Gasteiger partial charge in [-0.25, -0.2) is 0 Å². The second-order valence-electron chi connectivity index (χ2n) is 6.08. The van der Waals surface area contributed by atoms with E-state index in [1.54, 1.807) is 13.8 Å². The van der Waals surface area contributed by atoms with Gasteiger partial charge in [0.05, 0.1) is 24.6 Å². The van der Waals surface area contributed by atoms with Gasteiger partial charge >= 0.3 is 7.60 Å². The largest absolute Gasteiger partial charge is 0.397 e. The summed E-state index contributed by atoms with van der Waals surface area (Å²) < 4.78 is 24.8. The number of nitrogens with two attached hydrogens (primary N) is 1. The molecule has 142 valence electrons. The van der Waals surface area contributed by atoms with Gasteiger partial charge in [0.25, 0.3) is 0 Å². The lowest BCUT2D eigenvalue weighted by molar-refractivity contribution is 0.214. The minimum absolute atomic E-state index is 0.287. The molecule has 0 bridgehead atoms. The van der Waals surface area contributed by atoms with Crippen LogP contribution in [0.1, 0.15) is 25.2 Å². The number of nitrogens with one attached hydrogen (secondary N) is 1. The molecule has 3 aromatic carbocycles. The number of benzene rings is 3. The second kappa shape index (κ2) is 8.57. The SMILES string of the molecule is CCOP(=O)(OCC)C(Nc1ccc2ccccc2c1N)c1ccccc1. The van der Waals surface area contributed by atoms with Gasteiger partial charge < -0.3 is 20.1 Å². The lowest BCUT2D eigenvalue weighted by Crippen LogP contribution is -2.16. The van der Waals surface area contributed by atoms with Crippen LogP contribution in [0.2, 0.25) is 0 Å². The van der Waals surface area contributed by atoms with Gasteiger partial charge in [-0.1, -0.05) is 60.7 Å². The monoisotopic (exact) mass is 384 g/mol. The molecule has 0 aromatic heterocycles. The summed E-state index contributed by atoms with van der Waals surface area (Å²) in [6, 6.07) is 21.3. The van der Waals surface area contributed by atoms with Crippen molar-refractivity contribution in [2.75, 3.05) is 24.3 Å². The number of hydrogen-bond acceptors (Lipinski definition) is 5. The first-order valence-electron chi connectivity index (χ1n) is 9.06. The average molecular weight is 384 g/mol. The van der Waals surface area contributed by atoms with Crippen LogP contribution in [0.15, 0.2) is 66.7 Å². The van der Waals surface area contributed by atoms with E-state index >= 15 is 0 Å². The molecule has 0 spiro atoms. The first kappa shape index (κ1) is 19.4. The van der Waals surface area contributed by atoms with Crippen LogP contribution >= 0.6 is 7.60 Å². The molecule has 1 unspecified atom stereocenters. The maximum Gasteiger partial charge on any atom is 0.357 e. The first-order valence-corrected chi connectivity index (χ1v) is 10.7. The molecule has 0 fully saturated rings. The molecule has 0 saturated carbocycles. The predicted molar refractivity (Wildman–Crippen MR) is 112 cm³/mol. The third-order valence-corrected chi connectivity index (χ3v) is 6.61. The number of fused-ring (bicyclic) bond motifs is 1. The van der Waals surface area contributed by atoms with E-state index in [1.165, 1.54) is 0 Å². The van der Waals surface area contributed by atoms with Crippen LogP contribution in [0.25, 0.3) is 10.8 Å². The van der Waals surface area contributed by atoms with Gasteiger partial charge in [-0.2, -0.15) is 0 Å². The molecule has 0 aliphatic rings. The number of nitrogen functional groups attached to an aromatic ring is 1. The molecular formula is C21H25N2O3P. The third kappa shape index (κ3) is 4.16. The number of anilines is 2. The van der Waals surface area contributed by atoms with Crippen molar-refractivity contribution in [3.05, 3.63) is 72.3 Å². The Labute approximate surface area is 160 Å². The Morgan fingerprint density at radius 2 is 1.56 bits per heavy atom. The average Bonchev–Trinajstić information content (AvgIpc) is 2.69. The minimum atomic E-state index is -3.46. The zero-order chi connectivity index (χ0) is 19.3. The lowest BCUT2D eigenvalue weighted by atomic mass is 10.1. The smallest absolute Gasteiger partial charge is 0.357 e. The van der Waals surface area contributed by atoms with Crippen molar-refractivity contribution in [3.8, 4) is 0 Å². The zero-order valence-corrected chi connectivity index (χ0v) is 16.5. The van der Waals surface area contributed by atoms with Crippen LogP contribution in [0.3, 0.4) is 0 Å². The Morgan fingerprint density at radius 1 is 0.926 bits per heavy atom. The van der Waals surface area contributed by atoms with Crippen LogP contribution in [0.5, 0.6) is 0 Å². The third-order valence-electron chi connectivity index (χ3n) is 4.31. The summed E-state index contributed by atoms with van der Waals surface area (Å²) in [5, 5.41) is 5.32. The highest BCUT2D eigenvalue weighted by Crippen LogP contribution is 2.61. The van der Waals surface area contributed by atoms with Gasteiger partial charge in [-0.05, 0) is 30.9 Å². The van der Waals surface area contributed by atoms with Crippen LogP contribution in [-0.4, -0.2) is 13.2 Å². The fraction of sp³-hybridized carbons (Fsp3) is 0.238. The van der Waals surface area contributed by atoms with E-state index in [0.29, 0.717) is 11.4 Å². The van der Waals surface area contributed by atoms with Gasteiger partial charge in [0.15, 0.2) is 5.78 Å². The molecule has 3 N–H and O–H groups in total. The summed E-state index contributed by atoms with van der Waals surface area (Å²) in [7, 11) is -3.46. The van der Waals surface area contributed by atoms with Crippen molar-refractivity contribution in [1.29, 1.82) is 0 Å². The van der Waals surface area contributed by atoms with E-state index in [0.717, 1.165) is 16.3 Å². The summed E-state index contributed by atoms with van der Waals surface area (Å²) in [6.45, 7) is 4.18. The molecule has 0 aliphatic heterocycles. The summed E-state index contributed by atoms with van der Waals surface area (Å²) in [4.78, 5) is 0. The summed E-state index contributed by atoms with van der Waals surface area (Å²) in [5.74, 6) is -0.665. The van der Waals surface area contributed by atoms with Crippen molar-refractivity contribution >= 4 is 29.7 Å². The van der Waals surface area contributed by atoms with E-state index in [9.17, 15) is 4.57 Å². The summed E-state index contributed by atoms with van der Waals surface area (Å²) >= 11 is 0. The van der Waals surface area contributed by atoms with E-state index in [4.69, 9.17) is 14.8 Å². The van der Waals surface area contributed by atoms with Crippen molar-refractivity contribution in [1.82, 2.24) is 0 Å². The second-order valence-corrected chi connectivity index (χ2v) is 8.19. The number of hydrogen-bond donors (Lipinski definition) is 2. The highest BCUT2D eigenvalue weighted by molar-refractivity contribution is 7.54. The van der Waals surface area contributed by atoms with Crippen molar-refractivity contribution < 1.29 is 13.6 Å². The molecule has 3 rings (SSSR count). The highest BCUT2D eigenvalue weighted by atomic mass is 31.2. The minimum Gasteiger partial charge on any atom is -0.397 e. The van der Waals surface area contributed by atoms with E-state index in [1.807, 2.05) is 66.7 Å². The maximum atomic E-state index is 13.5. The fourth-order valence-corrected chi connectivity index (χ4v) is 5.02. The van der Waals surface area contributed by atoms with Crippen molar-refractivity contribution in [3.63, 3.8) is 0 Å². The van der Waals surface area contributed by atoms with E-state index in [-0.39, 0.29) is 13.2 Å². The van der Waals surface area contributed by atoms with Crippen molar-refractivity contribution in [2.45, 2.75) is 19.6 Å². The van der Waals surface area contributed by atoms with E-state index < -0.39 is 13.4 Å². The van der Waals surface area contributed by atoms with Gasteiger partial charge in [-0.15, -0.1) is 0 Å². The van der Waals surface area contributed by atoms with Gasteiger partial charge in [-0.3, -0.25) is 4.57 Å². The first-order chi connectivity index (χ1) is 13.1. The Morgan fingerprint density at radius 3 is 2.22 bits per heavy atom. The highest BCUT2D eigenvalue weighted by Gasteiger charge is 2.37. The fourth-order valence-electron chi connectivity index (χ4n) is 3.10. The van der Waals surface area contributed by atoms with Crippen LogP contribution in [-0.2, 0) is 13.6 Å². The molecule has 1 atom stereocenters. The molecular weight excluding hydrogens is 359 g/mol. The Bertz CT molecular complexity index is 937. The zero-order valence-electron chi connectivity index (χ0n) is 15.6. The topological polar surface area (TPSA) is 73.6 Å². The quantitative estimate of drug-likeness (QED) is 0.379. The Balaban J connectivity index is 2.06. The molecule has 6 heteroatoms. The van der Waals surface area contributed by atoms with Gasteiger partial charge in [0.2, 0.25) is 0 Å². The molecule has 3 aromatic rings. The molecule has 0 heterocycles. The number of rotatable bonds is 8. The van der Waals surface area contributed by atoms with Crippen LogP contribution in [0.4, 0.5) is 11.4 Å². The predicted octanol–water partition coefficient (Wildman–Crippen LogP) is 5.80. The van der Waals surface area contributed by atoms with Crippen LogP contribution in [0, 0.1) is 0 Å². The Hall–Kier alpha value is -2.33. The molecule has 5 nitrogen and oxygen atoms in total. The molecule has 0 aliphatic carbocycles. The standard InChI is InChI=1S/C21H25N2O3P/c1-3-25-27(24,26-4-2)21(17-11-6-5-7-12-17)23-19-15-14-16-10-8-9-13-18(16)20(19)22/h5-15,21,23H,3-4,22H2,1-2H3. The molecule has 0 saturated heterocycles. The molecule has 0 radical (unpaired) electrons. The maximum absolute atomic E-state index is 13.5. The Kier molecular flexibility index (Phi) is 6.17. The molecule has 27 heavy (non-hydrogen) atoms. The molecule has 0 amide bonds. The summed E-state index contributed by atoms with van der Waals surface area (Å²) in [5.41, 5.74) is 8.52. The van der Waals surface area contributed by atoms with Crippen LogP contribution < -0.4 is 11.1 Å². The van der Waals surface area contributed by atoms with Gasteiger partial charge in [0.1, 0.15) is 0 Å².